The molecule has 0 heterocycles. The molecule has 0 spiro atoms. The Morgan fingerprint density at radius 3 is 2.43 bits per heavy atom. The van der Waals surface area contributed by atoms with Gasteiger partial charge in [0.1, 0.15) is 12.4 Å². The second-order valence-corrected chi connectivity index (χ2v) is 4.55. The van der Waals surface area contributed by atoms with Gasteiger partial charge in [-0.05, 0) is 39.3 Å². The highest BCUT2D eigenvalue weighted by Crippen LogP contribution is 2.19. The first-order valence-electron chi connectivity index (χ1n) is 4.87. The van der Waals surface area contributed by atoms with Gasteiger partial charge in [0.2, 0.25) is 0 Å². The fourth-order valence-corrected chi connectivity index (χ4v) is 1.23. The lowest BCUT2D eigenvalue weighted by atomic mass is 10.1. The second kappa shape index (κ2) is 4.01. The van der Waals surface area contributed by atoms with Gasteiger partial charge in [-0.1, -0.05) is 17.7 Å². The van der Waals surface area contributed by atoms with Crippen LogP contribution in [-0.2, 0) is 0 Å². The molecule has 0 amide bonds. The minimum absolute atomic E-state index is 0.280. The molecule has 0 unspecified atom stereocenters. The molecule has 2 N–H and O–H groups in total. The Kier molecular flexibility index (Phi) is 3.17. The molecule has 0 saturated heterocycles. The molecular formula is C12H19NO. The number of rotatable bonds is 3. The number of hydrogen-bond acceptors (Lipinski definition) is 2. The van der Waals surface area contributed by atoms with Crippen LogP contribution < -0.4 is 10.5 Å². The van der Waals surface area contributed by atoms with Crippen LogP contribution in [-0.4, -0.2) is 12.1 Å². The highest BCUT2D eigenvalue weighted by atomic mass is 16.5. The summed E-state index contributed by atoms with van der Waals surface area (Å²) in [4.78, 5) is 0. The second-order valence-electron chi connectivity index (χ2n) is 4.55. The van der Waals surface area contributed by atoms with Crippen LogP contribution in [0, 0.1) is 13.8 Å². The molecule has 0 saturated carbocycles. The van der Waals surface area contributed by atoms with Crippen molar-refractivity contribution in [3.05, 3.63) is 29.3 Å². The van der Waals surface area contributed by atoms with Crippen LogP contribution in [0.2, 0.25) is 0 Å². The van der Waals surface area contributed by atoms with Crippen molar-refractivity contribution in [2.45, 2.75) is 33.2 Å². The van der Waals surface area contributed by atoms with E-state index in [9.17, 15) is 0 Å². The number of aryl methyl sites for hydroxylation is 2. The van der Waals surface area contributed by atoms with Gasteiger partial charge >= 0.3 is 0 Å². The summed E-state index contributed by atoms with van der Waals surface area (Å²) in [6.45, 7) is 8.57. The lowest BCUT2D eigenvalue weighted by Crippen LogP contribution is -2.38. The average molecular weight is 193 g/mol. The Bertz CT molecular complexity index is 313. The maximum atomic E-state index is 5.84. The first kappa shape index (κ1) is 11.1. The van der Waals surface area contributed by atoms with E-state index in [1.807, 2.05) is 32.9 Å². The van der Waals surface area contributed by atoms with Gasteiger partial charge in [0.15, 0.2) is 0 Å². The summed E-state index contributed by atoms with van der Waals surface area (Å²) < 4.78 is 5.63. The highest BCUT2D eigenvalue weighted by molar-refractivity contribution is 5.35. The number of ether oxygens (including phenoxy) is 1. The van der Waals surface area contributed by atoms with E-state index < -0.39 is 0 Å². The number of benzene rings is 1. The van der Waals surface area contributed by atoms with Crippen LogP contribution in [0.4, 0.5) is 0 Å². The Morgan fingerprint density at radius 1 is 1.29 bits per heavy atom. The van der Waals surface area contributed by atoms with E-state index in [1.165, 1.54) is 5.56 Å². The smallest absolute Gasteiger partial charge is 0.122 e. The molecule has 0 aromatic heterocycles. The molecule has 2 heteroatoms. The molecule has 0 aliphatic heterocycles. The third-order valence-electron chi connectivity index (χ3n) is 1.93. The lowest BCUT2D eigenvalue weighted by Gasteiger charge is -2.20. The molecule has 0 aliphatic rings. The summed E-state index contributed by atoms with van der Waals surface area (Å²) in [5.74, 6) is 0.925. The van der Waals surface area contributed by atoms with E-state index in [-0.39, 0.29) is 5.54 Å². The fraction of sp³-hybridized carbons (Fsp3) is 0.500. The zero-order valence-corrected chi connectivity index (χ0v) is 9.42. The van der Waals surface area contributed by atoms with Crippen LogP contribution in [0.25, 0.3) is 0 Å². The first-order valence-corrected chi connectivity index (χ1v) is 4.87. The normalized spacial score (nSPS) is 11.5. The van der Waals surface area contributed by atoms with Gasteiger partial charge in [-0.3, -0.25) is 0 Å². The van der Waals surface area contributed by atoms with Gasteiger partial charge in [0, 0.05) is 5.54 Å². The van der Waals surface area contributed by atoms with Gasteiger partial charge < -0.3 is 10.5 Å². The quantitative estimate of drug-likeness (QED) is 0.800. The molecule has 0 fully saturated rings. The molecule has 0 radical (unpaired) electrons. The molecule has 1 rings (SSSR count). The maximum absolute atomic E-state index is 5.84. The van der Waals surface area contributed by atoms with E-state index >= 15 is 0 Å². The molecule has 0 aliphatic carbocycles. The van der Waals surface area contributed by atoms with E-state index in [2.05, 4.69) is 13.0 Å². The highest BCUT2D eigenvalue weighted by Gasteiger charge is 2.11. The Hall–Kier alpha value is -1.02. The zero-order chi connectivity index (χ0) is 10.8. The maximum Gasteiger partial charge on any atom is 0.122 e. The number of hydrogen-bond donors (Lipinski definition) is 1. The van der Waals surface area contributed by atoms with Crippen LogP contribution in [0.1, 0.15) is 25.0 Å². The van der Waals surface area contributed by atoms with Crippen LogP contribution in [0.15, 0.2) is 18.2 Å². The standard InChI is InChI=1S/C12H19NO/c1-9-5-6-11(10(2)7-9)14-8-12(3,4)13/h5-7H,8,13H2,1-4H3. The van der Waals surface area contributed by atoms with Crippen molar-refractivity contribution in [3.8, 4) is 5.75 Å². The minimum Gasteiger partial charge on any atom is -0.491 e. The number of nitrogens with two attached hydrogens (primary N) is 1. The lowest BCUT2D eigenvalue weighted by molar-refractivity contribution is 0.242. The molecule has 2 nitrogen and oxygen atoms in total. The van der Waals surface area contributed by atoms with Gasteiger partial charge in [0.25, 0.3) is 0 Å². The van der Waals surface area contributed by atoms with Crippen LogP contribution in [0.5, 0.6) is 5.75 Å². The van der Waals surface area contributed by atoms with Crippen molar-refractivity contribution in [1.29, 1.82) is 0 Å². The molecule has 0 bridgehead atoms. The van der Waals surface area contributed by atoms with Crippen molar-refractivity contribution in [2.75, 3.05) is 6.61 Å². The van der Waals surface area contributed by atoms with Crippen LogP contribution in [0.3, 0.4) is 0 Å². The van der Waals surface area contributed by atoms with Crippen LogP contribution >= 0.6 is 0 Å². The Morgan fingerprint density at radius 2 is 1.93 bits per heavy atom. The van der Waals surface area contributed by atoms with Gasteiger partial charge in [-0.25, -0.2) is 0 Å². The first-order chi connectivity index (χ1) is 6.38. The topological polar surface area (TPSA) is 35.2 Å². The summed E-state index contributed by atoms with van der Waals surface area (Å²) in [7, 11) is 0. The van der Waals surface area contributed by atoms with E-state index in [0.717, 1.165) is 11.3 Å². The predicted octanol–water partition coefficient (Wildman–Crippen LogP) is 2.42. The largest absolute Gasteiger partial charge is 0.491 e. The van der Waals surface area contributed by atoms with Gasteiger partial charge in [0.05, 0.1) is 0 Å². The molecule has 1 aromatic rings. The summed E-state index contributed by atoms with van der Waals surface area (Å²) in [5, 5.41) is 0. The Balaban J connectivity index is 2.68. The van der Waals surface area contributed by atoms with E-state index in [4.69, 9.17) is 10.5 Å². The van der Waals surface area contributed by atoms with Crippen molar-refractivity contribution in [1.82, 2.24) is 0 Å². The van der Waals surface area contributed by atoms with Crippen molar-refractivity contribution < 1.29 is 4.74 Å². The van der Waals surface area contributed by atoms with E-state index in [1.54, 1.807) is 0 Å². The van der Waals surface area contributed by atoms with Gasteiger partial charge in [-0.2, -0.15) is 0 Å². The minimum atomic E-state index is -0.280. The monoisotopic (exact) mass is 193 g/mol. The van der Waals surface area contributed by atoms with Crippen molar-refractivity contribution in [3.63, 3.8) is 0 Å². The summed E-state index contributed by atoms with van der Waals surface area (Å²) >= 11 is 0. The summed E-state index contributed by atoms with van der Waals surface area (Å²) in [5.41, 5.74) is 7.97. The average Bonchev–Trinajstić information content (AvgIpc) is 2.00. The predicted molar refractivity (Wildman–Crippen MR) is 59.7 cm³/mol. The molecule has 78 valence electrons. The zero-order valence-electron chi connectivity index (χ0n) is 9.42. The SMILES string of the molecule is Cc1ccc(OCC(C)(C)N)c(C)c1. The fourth-order valence-electron chi connectivity index (χ4n) is 1.23. The van der Waals surface area contributed by atoms with Gasteiger partial charge in [-0.15, -0.1) is 0 Å². The van der Waals surface area contributed by atoms with Crippen molar-refractivity contribution in [2.24, 2.45) is 5.73 Å². The Labute approximate surface area is 86.1 Å². The molecular weight excluding hydrogens is 174 g/mol. The molecule has 1 aromatic carbocycles. The third-order valence-corrected chi connectivity index (χ3v) is 1.93. The molecule has 0 atom stereocenters. The molecule has 14 heavy (non-hydrogen) atoms. The summed E-state index contributed by atoms with van der Waals surface area (Å²) in [6, 6.07) is 6.15. The summed E-state index contributed by atoms with van der Waals surface area (Å²) in [6.07, 6.45) is 0. The third kappa shape index (κ3) is 3.38. The van der Waals surface area contributed by atoms with Crippen molar-refractivity contribution >= 4 is 0 Å². The van der Waals surface area contributed by atoms with E-state index in [0.29, 0.717) is 6.61 Å².